The zero-order valence-electron chi connectivity index (χ0n) is 12.3. The average Bonchev–Trinajstić information content (AvgIpc) is 2.86. The van der Waals surface area contributed by atoms with Gasteiger partial charge >= 0.3 is 0 Å². The Morgan fingerprint density at radius 3 is 2.70 bits per heavy atom. The molecule has 1 aliphatic heterocycles. The number of aryl methyl sites for hydroxylation is 1. The van der Waals surface area contributed by atoms with Crippen molar-refractivity contribution in [3.63, 3.8) is 0 Å². The van der Waals surface area contributed by atoms with Crippen LogP contribution in [0.15, 0.2) is 6.20 Å². The summed E-state index contributed by atoms with van der Waals surface area (Å²) >= 11 is 1.60. The predicted octanol–water partition coefficient (Wildman–Crippen LogP) is 1.58. The maximum absolute atomic E-state index is 12.5. The molecule has 5 nitrogen and oxygen atoms in total. The highest BCUT2D eigenvalue weighted by Crippen LogP contribution is 2.21. The van der Waals surface area contributed by atoms with E-state index in [1.807, 2.05) is 20.0 Å². The van der Waals surface area contributed by atoms with Crippen LogP contribution in [0.1, 0.15) is 37.6 Å². The lowest BCUT2D eigenvalue weighted by atomic mass is 9.98. The standard InChI is InChI=1S/C14H21N3O2S/c1-5-10-6-15-11(20-10)7-17-9(4)13(18)16-12(8(2)3)14(17)19/h6,8-9,12H,5,7H2,1-4H3,(H,16,18). The van der Waals surface area contributed by atoms with Crippen molar-refractivity contribution < 1.29 is 9.59 Å². The number of amides is 2. The highest BCUT2D eigenvalue weighted by molar-refractivity contribution is 7.11. The van der Waals surface area contributed by atoms with Crippen LogP contribution in [0.3, 0.4) is 0 Å². The topological polar surface area (TPSA) is 62.3 Å². The fourth-order valence-corrected chi connectivity index (χ4v) is 3.11. The Bertz CT molecular complexity index is 512. The summed E-state index contributed by atoms with van der Waals surface area (Å²) in [5.74, 6) is -0.0140. The number of nitrogens with one attached hydrogen (secondary N) is 1. The van der Waals surface area contributed by atoms with Gasteiger partial charge in [0.2, 0.25) is 11.8 Å². The molecule has 0 aliphatic carbocycles. The van der Waals surface area contributed by atoms with E-state index in [0.29, 0.717) is 6.54 Å². The van der Waals surface area contributed by atoms with Gasteiger partial charge in [-0.1, -0.05) is 20.8 Å². The fraction of sp³-hybridized carbons (Fsp3) is 0.643. The summed E-state index contributed by atoms with van der Waals surface area (Å²) in [6.07, 6.45) is 2.79. The van der Waals surface area contributed by atoms with Crippen molar-refractivity contribution in [1.82, 2.24) is 15.2 Å². The molecule has 20 heavy (non-hydrogen) atoms. The number of hydrogen-bond acceptors (Lipinski definition) is 4. The van der Waals surface area contributed by atoms with E-state index in [1.54, 1.807) is 23.2 Å². The summed E-state index contributed by atoms with van der Waals surface area (Å²) in [6.45, 7) is 8.14. The summed E-state index contributed by atoms with van der Waals surface area (Å²) in [5.41, 5.74) is 0. The zero-order valence-corrected chi connectivity index (χ0v) is 13.2. The molecule has 2 rings (SSSR count). The van der Waals surface area contributed by atoms with Crippen molar-refractivity contribution in [3.05, 3.63) is 16.1 Å². The molecule has 0 radical (unpaired) electrons. The van der Waals surface area contributed by atoms with Crippen molar-refractivity contribution in [2.24, 2.45) is 5.92 Å². The maximum Gasteiger partial charge on any atom is 0.246 e. The van der Waals surface area contributed by atoms with Gasteiger partial charge in [0.05, 0.1) is 6.54 Å². The molecular weight excluding hydrogens is 274 g/mol. The SMILES string of the molecule is CCc1cnc(CN2C(=O)C(C(C)C)NC(=O)C2C)s1. The number of hydrogen-bond donors (Lipinski definition) is 1. The number of rotatable bonds is 4. The number of thiazole rings is 1. The number of nitrogens with zero attached hydrogens (tertiary/aromatic N) is 2. The summed E-state index contributed by atoms with van der Waals surface area (Å²) in [6, 6.07) is -0.865. The molecule has 0 spiro atoms. The summed E-state index contributed by atoms with van der Waals surface area (Å²) in [5, 5.41) is 3.69. The van der Waals surface area contributed by atoms with Gasteiger partial charge in [0.1, 0.15) is 17.1 Å². The van der Waals surface area contributed by atoms with E-state index in [1.165, 1.54) is 4.88 Å². The predicted molar refractivity (Wildman–Crippen MR) is 78.3 cm³/mol. The van der Waals surface area contributed by atoms with Crippen molar-refractivity contribution in [2.45, 2.75) is 52.7 Å². The molecule has 0 aromatic carbocycles. The molecule has 2 amide bonds. The van der Waals surface area contributed by atoms with E-state index < -0.39 is 12.1 Å². The number of carbonyl (C=O) groups excluding carboxylic acids is 2. The highest BCUT2D eigenvalue weighted by Gasteiger charge is 2.39. The van der Waals surface area contributed by atoms with Crippen LogP contribution >= 0.6 is 11.3 Å². The van der Waals surface area contributed by atoms with E-state index in [-0.39, 0.29) is 17.7 Å². The Kier molecular flexibility index (Phi) is 4.42. The van der Waals surface area contributed by atoms with Gasteiger partial charge in [0.15, 0.2) is 0 Å². The molecule has 0 bridgehead atoms. The largest absolute Gasteiger partial charge is 0.342 e. The molecule has 6 heteroatoms. The minimum Gasteiger partial charge on any atom is -0.342 e. The number of aromatic nitrogens is 1. The summed E-state index contributed by atoms with van der Waals surface area (Å²) in [4.78, 5) is 31.7. The van der Waals surface area contributed by atoms with E-state index in [2.05, 4.69) is 17.2 Å². The van der Waals surface area contributed by atoms with Gasteiger partial charge in [-0.05, 0) is 19.3 Å². The lowest BCUT2D eigenvalue weighted by Crippen LogP contribution is -2.63. The van der Waals surface area contributed by atoms with Gasteiger partial charge in [0.25, 0.3) is 0 Å². The Labute approximate surface area is 123 Å². The first kappa shape index (κ1) is 15.0. The molecule has 2 unspecified atom stereocenters. The minimum absolute atomic E-state index is 0.0136. The van der Waals surface area contributed by atoms with Gasteiger partial charge in [-0.2, -0.15) is 0 Å². The van der Waals surface area contributed by atoms with E-state index >= 15 is 0 Å². The molecule has 1 saturated heterocycles. The molecule has 110 valence electrons. The molecule has 2 atom stereocenters. The molecule has 1 aromatic rings. The second kappa shape index (κ2) is 5.91. The van der Waals surface area contributed by atoms with Crippen LogP contribution in [-0.4, -0.2) is 33.8 Å². The average molecular weight is 295 g/mol. The smallest absolute Gasteiger partial charge is 0.246 e. The second-order valence-electron chi connectivity index (χ2n) is 5.45. The Hall–Kier alpha value is -1.43. The lowest BCUT2D eigenvalue weighted by Gasteiger charge is -2.38. The molecule has 2 heterocycles. The molecule has 1 N–H and O–H groups in total. The first-order valence-corrected chi connectivity index (χ1v) is 7.80. The van der Waals surface area contributed by atoms with Gasteiger partial charge in [-0.15, -0.1) is 11.3 Å². The number of carbonyl (C=O) groups is 2. The van der Waals surface area contributed by atoms with Gasteiger partial charge in [0, 0.05) is 11.1 Å². The maximum atomic E-state index is 12.5. The van der Waals surface area contributed by atoms with Crippen molar-refractivity contribution in [1.29, 1.82) is 0 Å². The van der Waals surface area contributed by atoms with Crippen LogP contribution in [0.5, 0.6) is 0 Å². The van der Waals surface area contributed by atoms with E-state index in [4.69, 9.17) is 0 Å². The van der Waals surface area contributed by atoms with Gasteiger partial charge in [-0.25, -0.2) is 4.98 Å². The van der Waals surface area contributed by atoms with Crippen LogP contribution in [0.25, 0.3) is 0 Å². The number of piperazine rings is 1. The highest BCUT2D eigenvalue weighted by atomic mass is 32.1. The molecule has 1 fully saturated rings. The Morgan fingerprint density at radius 1 is 1.45 bits per heavy atom. The van der Waals surface area contributed by atoms with Crippen molar-refractivity contribution in [2.75, 3.05) is 0 Å². The molecule has 1 aromatic heterocycles. The van der Waals surface area contributed by atoms with Crippen LogP contribution in [0.4, 0.5) is 0 Å². The Morgan fingerprint density at radius 2 is 2.15 bits per heavy atom. The Balaban J connectivity index is 2.18. The van der Waals surface area contributed by atoms with E-state index in [0.717, 1.165) is 11.4 Å². The second-order valence-corrected chi connectivity index (χ2v) is 6.65. The monoisotopic (exact) mass is 295 g/mol. The van der Waals surface area contributed by atoms with Crippen LogP contribution in [0, 0.1) is 5.92 Å². The fourth-order valence-electron chi connectivity index (χ4n) is 2.24. The summed E-state index contributed by atoms with van der Waals surface area (Å²) in [7, 11) is 0. The van der Waals surface area contributed by atoms with Crippen molar-refractivity contribution >= 4 is 23.2 Å². The van der Waals surface area contributed by atoms with Crippen LogP contribution in [0.2, 0.25) is 0 Å². The lowest BCUT2D eigenvalue weighted by molar-refractivity contribution is -0.150. The van der Waals surface area contributed by atoms with Gasteiger partial charge in [-0.3, -0.25) is 9.59 Å². The molecule has 1 aliphatic rings. The van der Waals surface area contributed by atoms with Crippen LogP contribution < -0.4 is 5.32 Å². The summed E-state index contributed by atoms with van der Waals surface area (Å²) < 4.78 is 0. The van der Waals surface area contributed by atoms with Crippen molar-refractivity contribution in [3.8, 4) is 0 Å². The third-order valence-electron chi connectivity index (χ3n) is 3.62. The first-order valence-electron chi connectivity index (χ1n) is 6.98. The minimum atomic E-state index is -0.438. The van der Waals surface area contributed by atoms with Gasteiger partial charge < -0.3 is 10.2 Å². The normalized spacial score (nSPS) is 23.4. The third kappa shape index (κ3) is 2.85. The molecule has 0 saturated carbocycles. The zero-order chi connectivity index (χ0) is 14.9. The first-order chi connectivity index (χ1) is 9.43. The quantitative estimate of drug-likeness (QED) is 0.917. The molecular formula is C14H21N3O2S. The van der Waals surface area contributed by atoms with Crippen LogP contribution in [-0.2, 0) is 22.6 Å². The van der Waals surface area contributed by atoms with E-state index in [9.17, 15) is 9.59 Å². The third-order valence-corrected chi connectivity index (χ3v) is 4.74.